The summed E-state index contributed by atoms with van der Waals surface area (Å²) in [7, 11) is 0. The average molecular weight is 521 g/mol. The van der Waals surface area contributed by atoms with E-state index < -0.39 is 17.7 Å². The molecule has 1 aliphatic rings. The van der Waals surface area contributed by atoms with E-state index in [0.29, 0.717) is 25.1 Å². The third-order valence-electron chi connectivity index (χ3n) is 5.44. The number of hydrogen-bond acceptors (Lipinski definition) is 3. The molecular weight excluding hydrogens is 493 g/mol. The average Bonchev–Trinajstić information content (AvgIpc) is 2.66. The molecule has 0 radical (unpaired) electrons. The predicted octanol–water partition coefficient (Wildman–Crippen LogP) is 4.93. The van der Waals surface area contributed by atoms with Crippen LogP contribution in [0.5, 0.6) is 0 Å². The summed E-state index contributed by atoms with van der Waals surface area (Å²) in [6.45, 7) is 10.5. The Kier molecular flexibility index (Phi) is 6.57. The molecular formula is C24H28INO4. The number of carboxylic acid groups (broad SMARTS) is 1. The summed E-state index contributed by atoms with van der Waals surface area (Å²) in [4.78, 5) is 26.8. The van der Waals surface area contributed by atoms with Crippen LogP contribution in [-0.4, -0.2) is 27.5 Å². The van der Waals surface area contributed by atoms with Crippen LogP contribution in [0.15, 0.2) is 30.3 Å². The quantitative estimate of drug-likeness (QED) is 0.567. The minimum atomic E-state index is -1.05. The molecule has 1 unspecified atom stereocenters. The van der Waals surface area contributed by atoms with Crippen molar-refractivity contribution >= 4 is 34.5 Å². The Bertz CT molecular complexity index is 979. The molecule has 0 aromatic heterocycles. The van der Waals surface area contributed by atoms with Gasteiger partial charge in [0.25, 0.3) is 0 Å². The van der Waals surface area contributed by atoms with Crippen LogP contribution in [0.4, 0.5) is 0 Å². The molecule has 30 heavy (non-hydrogen) atoms. The molecule has 1 atom stereocenters. The monoisotopic (exact) mass is 521 g/mol. The molecule has 0 saturated heterocycles. The molecule has 160 valence electrons. The molecule has 2 aromatic rings. The highest BCUT2D eigenvalue weighted by molar-refractivity contribution is 14.1. The van der Waals surface area contributed by atoms with Gasteiger partial charge >= 0.3 is 5.97 Å². The van der Waals surface area contributed by atoms with Crippen molar-refractivity contribution in [1.82, 2.24) is 4.90 Å². The number of amides is 1. The number of ether oxygens (including phenoxy) is 1. The lowest BCUT2D eigenvalue weighted by molar-refractivity contribution is -0.160. The number of nitrogens with zero attached hydrogens (tertiary/aromatic N) is 1. The number of carbonyl (C=O) groups is 2. The van der Waals surface area contributed by atoms with Crippen LogP contribution in [0, 0.1) is 17.4 Å². The summed E-state index contributed by atoms with van der Waals surface area (Å²) in [5.74, 6) is -0.906. The van der Waals surface area contributed by atoms with Crippen molar-refractivity contribution in [3.63, 3.8) is 0 Å². The first-order valence-corrected chi connectivity index (χ1v) is 11.1. The van der Waals surface area contributed by atoms with Gasteiger partial charge in [-0.2, -0.15) is 0 Å². The van der Waals surface area contributed by atoms with Crippen LogP contribution in [0.1, 0.15) is 60.3 Å². The van der Waals surface area contributed by atoms with E-state index in [1.807, 2.05) is 69.9 Å². The van der Waals surface area contributed by atoms with Gasteiger partial charge in [-0.3, -0.25) is 4.79 Å². The third kappa shape index (κ3) is 4.70. The molecule has 1 heterocycles. The smallest absolute Gasteiger partial charge is 0.337 e. The molecule has 6 heteroatoms. The summed E-state index contributed by atoms with van der Waals surface area (Å²) >= 11 is 2.20. The normalized spacial score (nSPS) is 15.1. The van der Waals surface area contributed by atoms with E-state index in [2.05, 4.69) is 22.6 Å². The Morgan fingerprint density at radius 2 is 1.80 bits per heavy atom. The van der Waals surface area contributed by atoms with Crippen molar-refractivity contribution in [1.29, 1.82) is 0 Å². The highest BCUT2D eigenvalue weighted by atomic mass is 127. The van der Waals surface area contributed by atoms with Gasteiger partial charge in [0.2, 0.25) is 5.91 Å². The summed E-state index contributed by atoms with van der Waals surface area (Å²) in [5, 5.41) is 9.93. The van der Waals surface area contributed by atoms with Gasteiger partial charge in [-0.05, 0) is 85.0 Å². The Hall–Kier alpha value is -1.93. The van der Waals surface area contributed by atoms with Crippen LogP contribution in [0.2, 0.25) is 0 Å². The largest absolute Gasteiger partial charge is 0.479 e. The van der Waals surface area contributed by atoms with E-state index in [-0.39, 0.29) is 5.91 Å². The maximum Gasteiger partial charge on any atom is 0.337 e. The highest BCUT2D eigenvalue weighted by Gasteiger charge is 2.35. The summed E-state index contributed by atoms with van der Waals surface area (Å²) in [5.41, 5.74) is 5.12. The van der Waals surface area contributed by atoms with Gasteiger partial charge in [-0.25, -0.2) is 4.79 Å². The van der Waals surface area contributed by atoms with Crippen molar-refractivity contribution in [3.05, 3.63) is 67.3 Å². The number of carbonyl (C=O) groups excluding carboxylic acids is 1. The number of carboxylic acids is 1. The molecule has 3 rings (SSSR count). The second-order valence-corrected chi connectivity index (χ2v) is 9.87. The molecule has 5 nitrogen and oxygen atoms in total. The number of benzene rings is 2. The second-order valence-electron chi connectivity index (χ2n) is 8.80. The molecule has 0 saturated carbocycles. The van der Waals surface area contributed by atoms with Crippen molar-refractivity contribution in [2.45, 2.75) is 65.8 Å². The lowest BCUT2D eigenvalue weighted by Crippen LogP contribution is -2.37. The summed E-state index contributed by atoms with van der Waals surface area (Å²) < 4.78 is 6.82. The third-order valence-corrected chi connectivity index (χ3v) is 6.83. The van der Waals surface area contributed by atoms with E-state index in [1.54, 1.807) is 0 Å². The molecule has 2 aromatic carbocycles. The first kappa shape index (κ1) is 22.7. The van der Waals surface area contributed by atoms with Crippen LogP contribution in [-0.2, 0) is 33.8 Å². The molecule has 1 aliphatic heterocycles. The topological polar surface area (TPSA) is 66.8 Å². The molecule has 1 N–H and O–H groups in total. The fourth-order valence-corrected chi connectivity index (χ4v) is 4.97. The van der Waals surface area contributed by atoms with E-state index >= 15 is 0 Å². The van der Waals surface area contributed by atoms with E-state index in [4.69, 9.17) is 4.74 Å². The van der Waals surface area contributed by atoms with Gasteiger partial charge < -0.3 is 14.7 Å². The number of hydrogen-bond donors (Lipinski definition) is 1. The first-order chi connectivity index (χ1) is 14.0. The van der Waals surface area contributed by atoms with E-state index in [9.17, 15) is 14.7 Å². The maximum atomic E-state index is 12.9. The predicted molar refractivity (Wildman–Crippen MR) is 124 cm³/mol. The first-order valence-electron chi connectivity index (χ1n) is 10.0. The Morgan fingerprint density at radius 1 is 1.17 bits per heavy atom. The van der Waals surface area contributed by atoms with Gasteiger partial charge in [0, 0.05) is 22.2 Å². The van der Waals surface area contributed by atoms with Crippen LogP contribution in [0.3, 0.4) is 0 Å². The second kappa shape index (κ2) is 8.67. The lowest BCUT2D eigenvalue weighted by Gasteiger charge is -2.34. The number of halogens is 1. The van der Waals surface area contributed by atoms with Crippen molar-refractivity contribution in [2.75, 3.05) is 0 Å². The Morgan fingerprint density at radius 3 is 2.37 bits per heavy atom. The molecule has 0 fully saturated rings. The zero-order valence-corrected chi connectivity index (χ0v) is 20.2. The fraction of sp³-hybridized carbons (Fsp3) is 0.417. The van der Waals surface area contributed by atoms with Gasteiger partial charge in [0.1, 0.15) is 0 Å². The minimum absolute atomic E-state index is 0.0955. The zero-order valence-electron chi connectivity index (χ0n) is 18.1. The number of fused-ring (bicyclic) bond motifs is 1. The van der Waals surface area contributed by atoms with Crippen LogP contribution < -0.4 is 0 Å². The highest BCUT2D eigenvalue weighted by Crippen LogP contribution is 2.38. The molecule has 1 amide bonds. The molecule has 0 bridgehead atoms. The van der Waals surface area contributed by atoms with Gasteiger partial charge in [0.05, 0.1) is 12.0 Å². The summed E-state index contributed by atoms with van der Waals surface area (Å²) in [6.07, 6.45) is -0.718. The van der Waals surface area contributed by atoms with Crippen LogP contribution >= 0.6 is 22.6 Å². The number of aliphatic carboxylic acids is 1. The summed E-state index contributed by atoms with van der Waals surface area (Å²) in [6, 6.07) is 9.92. The minimum Gasteiger partial charge on any atom is -0.479 e. The van der Waals surface area contributed by atoms with E-state index in [0.717, 1.165) is 31.4 Å². The maximum absolute atomic E-state index is 12.9. The lowest BCUT2D eigenvalue weighted by atomic mass is 9.86. The van der Waals surface area contributed by atoms with Crippen molar-refractivity contribution < 1.29 is 19.4 Å². The SMILES string of the molecule is Cc1c(I)c(C(OC(C)(C)C)C(=O)O)c(C)c2c1CC(=O)N(Cc1ccccc1)C2. The number of rotatable bonds is 5. The standard InChI is InChI=1S/C24H28INO4/c1-14-18-13-26(12-16-9-7-6-8-10-16)19(27)11-17(18)15(2)21(25)20(14)22(23(28)29)30-24(3,4)5/h6-10,22H,11-13H2,1-5H3,(H,28,29). The van der Waals surface area contributed by atoms with Crippen molar-refractivity contribution in [3.8, 4) is 0 Å². The molecule has 0 spiro atoms. The van der Waals surface area contributed by atoms with Gasteiger partial charge in [-0.1, -0.05) is 30.3 Å². The zero-order chi connectivity index (χ0) is 22.2. The van der Waals surface area contributed by atoms with Gasteiger partial charge in [0.15, 0.2) is 6.10 Å². The Balaban J connectivity index is 2.06. The fourth-order valence-electron chi connectivity index (χ4n) is 3.96. The van der Waals surface area contributed by atoms with Crippen molar-refractivity contribution in [2.24, 2.45) is 0 Å². The Labute approximate surface area is 191 Å². The van der Waals surface area contributed by atoms with Crippen LogP contribution in [0.25, 0.3) is 0 Å². The van der Waals surface area contributed by atoms with E-state index in [1.165, 1.54) is 0 Å². The van der Waals surface area contributed by atoms with Gasteiger partial charge in [-0.15, -0.1) is 0 Å². The molecule has 0 aliphatic carbocycles.